The summed E-state index contributed by atoms with van der Waals surface area (Å²) in [5, 5.41) is 3.18. The maximum atomic E-state index is 12.6. The molecule has 0 saturated heterocycles. The Balaban J connectivity index is 2.35. The lowest BCUT2D eigenvalue weighted by Gasteiger charge is -2.30. The Hall–Kier alpha value is -2.12. The fourth-order valence-electron chi connectivity index (χ4n) is 2.31. The zero-order valence-corrected chi connectivity index (χ0v) is 14.9. The second-order valence-electron chi connectivity index (χ2n) is 5.19. The van der Waals surface area contributed by atoms with Crippen molar-refractivity contribution in [3.05, 3.63) is 53.8 Å². The van der Waals surface area contributed by atoms with Crippen LogP contribution in [0.15, 0.2) is 48.8 Å². The van der Waals surface area contributed by atoms with Crippen LogP contribution in [0.4, 0.5) is 11.4 Å². The lowest BCUT2D eigenvalue weighted by Crippen LogP contribution is -2.47. The van der Waals surface area contributed by atoms with E-state index in [0.717, 1.165) is 10.6 Å². The number of anilines is 2. The Labute approximate surface area is 146 Å². The van der Waals surface area contributed by atoms with Crippen LogP contribution >= 0.6 is 11.6 Å². The van der Waals surface area contributed by atoms with E-state index in [9.17, 15) is 13.2 Å². The van der Waals surface area contributed by atoms with Crippen molar-refractivity contribution < 1.29 is 13.2 Å². The van der Waals surface area contributed by atoms with E-state index in [1.807, 2.05) is 0 Å². The molecule has 8 heteroatoms. The zero-order chi connectivity index (χ0) is 17.7. The van der Waals surface area contributed by atoms with Gasteiger partial charge in [0.15, 0.2) is 0 Å². The summed E-state index contributed by atoms with van der Waals surface area (Å²) in [5.74, 6) is -0.425. The molecule has 1 aromatic heterocycles. The first-order valence-corrected chi connectivity index (χ1v) is 9.51. The van der Waals surface area contributed by atoms with E-state index in [-0.39, 0.29) is 0 Å². The van der Waals surface area contributed by atoms with Gasteiger partial charge in [0.1, 0.15) is 6.04 Å². The molecule has 0 unspecified atom stereocenters. The molecule has 0 spiro atoms. The second kappa shape index (κ2) is 7.63. The van der Waals surface area contributed by atoms with Crippen LogP contribution in [0.2, 0.25) is 5.02 Å². The minimum absolute atomic E-state index is 0.307. The van der Waals surface area contributed by atoms with Crippen molar-refractivity contribution in [1.82, 2.24) is 4.98 Å². The molecule has 2 aromatic rings. The average molecular weight is 368 g/mol. The Morgan fingerprint density at radius 3 is 2.46 bits per heavy atom. The highest BCUT2D eigenvalue weighted by Crippen LogP contribution is 2.25. The van der Waals surface area contributed by atoms with Gasteiger partial charge < -0.3 is 5.32 Å². The average Bonchev–Trinajstić information content (AvgIpc) is 2.53. The largest absolute Gasteiger partial charge is 0.323 e. The number of nitrogens with one attached hydrogen (secondary N) is 1. The molecule has 0 saturated carbocycles. The molecule has 1 N–H and O–H groups in total. The minimum atomic E-state index is -3.67. The SMILES string of the molecule is CC[C@H](C(=O)Nc1cccnc1)N(c1ccc(Cl)cc1)S(C)(=O)=O. The summed E-state index contributed by atoms with van der Waals surface area (Å²) in [5.41, 5.74) is 0.889. The number of aromatic nitrogens is 1. The van der Waals surface area contributed by atoms with Crippen molar-refractivity contribution in [2.24, 2.45) is 0 Å². The third-order valence-electron chi connectivity index (χ3n) is 3.34. The summed E-state index contributed by atoms with van der Waals surface area (Å²) in [6.45, 7) is 1.75. The Morgan fingerprint density at radius 2 is 1.96 bits per heavy atom. The standard InChI is InChI=1S/C16H18ClN3O3S/c1-3-15(16(21)19-13-5-4-10-18-11-13)20(24(2,22)23)14-8-6-12(17)7-9-14/h4-11,15H,3H2,1-2H3,(H,19,21)/t15-/m1/s1. The van der Waals surface area contributed by atoms with Gasteiger partial charge in [0.25, 0.3) is 0 Å². The molecule has 0 bridgehead atoms. The Bertz CT molecular complexity index is 795. The zero-order valence-electron chi connectivity index (χ0n) is 13.3. The van der Waals surface area contributed by atoms with Crippen LogP contribution in [0.1, 0.15) is 13.3 Å². The number of pyridine rings is 1. The summed E-state index contributed by atoms with van der Waals surface area (Å²) in [6.07, 6.45) is 4.46. The van der Waals surface area contributed by atoms with Crippen LogP contribution in [-0.2, 0) is 14.8 Å². The van der Waals surface area contributed by atoms with Crippen molar-refractivity contribution in [3.63, 3.8) is 0 Å². The fraction of sp³-hybridized carbons (Fsp3) is 0.250. The first-order valence-electron chi connectivity index (χ1n) is 7.28. The van der Waals surface area contributed by atoms with Crippen LogP contribution < -0.4 is 9.62 Å². The maximum Gasteiger partial charge on any atom is 0.248 e. The molecule has 1 heterocycles. The van der Waals surface area contributed by atoms with E-state index in [0.29, 0.717) is 22.8 Å². The molecular formula is C16H18ClN3O3S. The highest BCUT2D eigenvalue weighted by molar-refractivity contribution is 7.92. The topological polar surface area (TPSA) is 79.4 Å². The molecule has 0 radical (unpaired) electrons. The van der Waals surface area contributed by atoms with Gasteiger partial charge in [-0.25, -0.2) is 8.42 Å². The molecule has 2 rings (SSSR count). The number of rotatable bonds is 6. The highest BCUT2D eigenvalue weighted by atomic mass is 35.5. The third-order valence-corrected chi connectivity index (χ3v) is 4.77. The normalized spacial score (nSPS) is 12.5. The van der Waals surface area contributed by atoms with Gasteiger partial charge in [-0.3, -0.25) is 14.1 Å². The maximum absolute atomic E-state index is 12.6. The second-order valence-corrected chi connectivity index (χ2v) is 7.49. The van der Waals surface area contributed by atoms with Gasteiger partial charge in [0, 0.05) is 11.2 Å². The van der Waals surface area contributed by atoms with Gasteiger partial charge in [0.2, 0.25) is 15.9 Å². The summed E-state index contributed by atoms with van der Waals surface area (Å²) >= 11 is 5.86. The summed E-state index contributed by atoms with van der Waals surface area (Å²) < 4.78 is 25.7. The van der Waals surface area contributed by atoms with E-state index in [2.05, 4.69) is 10.3 Å². The van der Waals surface area contributed by atoms with E-state index in [1.165, 1.54) is 6.20 Å². The van der Waals surface area contributed by atoms with Crippen molar-refractivity contribution in [2.45, 2.75) is 19.4 Å². The first-order chi connectivity index (χ1) is 11.3. The van der Waals surface area contributed by atoms with E-state index >= 15 is 0 Å². The summed E-state index contributed by atoms with van der Waals surface area (Å²) in [6, 6.07) is 8.80. The van der Waals surface area contributed by atoms with Gasteiger partial charge in [-0.15, -0.1) is 0 Å². The first kappa shape index (κ1) is 18.2. The van der Waals surface area contributed by atoms with Crippen LogP contribution in [0, 0.1) is 0 Å². The molecule has 0 aliphatic carbocycles. The quantitative estimate of drug-likeness (QED) is 0.851. The molecule has 24 heavy (non-hydrogen) atoms. The molecule has 1 aromatic carbocycles. The van der Waals surface area contributed by atoms with Crippen molar-refractivity contribution in [3.8, 4) is 0 Å². The number of carbonyl (C=O) groups is 1. The Kier molecular flexibility index (Phi) is 5.80. The summed E-state index contributed by atoms with van der Waals surface area (Å²) in [7, 11) is -3.67. The number of nitrogens with zero attached hydrogens (tertiary/aromatic N) is 2. The van der Waals surface area contributed by atoms with Crippen LogP contribution in [0.25, 0.3) is 0 Å². The lowest BCUT2D eigenvalue weighted by molar-refractivity contribution is -0.117. The van der Waals surface area contributed by atoms with Gasteiger partial charge in [0.05, 0.1) is 23.8 Å². The van der Waals surface area contributed by atoms with Crippen LogP contribution in [0.3, 0.4) is 0 Å². The minimum Gasteiger partial charge on any atom is -0.323 e. The number of hydrogen-bond acceptors (Lipinski definition) is 4. The van der Waals surface area contributed by atoms with Crippen molar-refractivity contribution >= 4 is 38.9 Å². The number of hydrogen-bond donors (Lipinski definition) is 1. The predicted molar refractivity (Wildman–Crippen MR) is 95.7 cm³/mol. The predicted octanol–water partition coefficient (Wildman–Crippen LogP) is 2.92. The van der Waals surface area contributed by atoms with Gasteiger partial charge in [-0.2, -0.15) is 0 Å². The smallest absolute Gasteiger partial charge is 0.248 e. The number of halogens is 1. The number of sulfonamides is 1. The van der Waals surface area contributed by atoms with E-state index < -0.39 is 22.0 Å². The fourth-order valence-corrected chi connectivity index (χ4v) is 3.65. The van der Waals surface area contributed by atoms with Gasteiger partial charge in [-0.05, 0) is 42.8 Å². The third kappa shape index (κ3) is 4.46. The van der Waals surface area contributed by atoms with Crippen LogP contribution in [-0.4, -0.2) is 31.6 Å². The number of carbonyl (C=O) groups excluding carboxylic acids is 1. The highest BCUT2D eigenvalue weighted by Gasteiger charge is 2.31. The lowest BCUT2D eigenvalue weighted by atomic mass is 10.2. The van der Waals surface area contributed by atoms with Crippen molar-refractivity contribution in [2.75, 3.05) is 15.9 Å². The van der Waals surface area contributed by atoms with E-state index in [4.69, 9.17) is 11.6 Å². The number of amides is 1. The van der Waals surface area contributed by atoms with Crippen molar-refractivity contribution in [1.29, 1.82) is 0 Å². The molecule has 6 nitrogen and oxygen atoms in total. The van der Waals surface area contributed by atoms with Gasteiger partial charge >= 0.3 is 0 Å². The van der Waals surface area contributed by atoms with Crippen LogP contribution in [0.5, 0.6) is 0 Å². The molecule has 0 aliphatic heterocycles. The number of benzene rings is 1. The molecule has 1 amide bonds. The molecule has 128 valence electrons. The monoisotopic (exact) mass is 367 g/mol. The Morgan fingerprint density at radius 1 is 1.29 bits per heavy atom. The molecule has 0 aliphatic rings. The summed E-state index contributed by atoms with van der Waals surface area (Å²) in [4.78, 5) is 16.5. The molecule has 1 atom stereocenters. The van der Waals surface area contributed by atoms with Gasteiger partial charge in [-0.1, -0.05) is 18.5 Å². The molecular weight excluding hydrogens is 350 g/mol. The molecule has 0 fully saturated rings. The van der Waals surface area contributed by atoms with E-state index in [1.54, 1.807) is 49.5 Å².